The molecule has 31 heavy (non-hydrogen) atoms. The topological polar surface area (TPSA) is 88.4 Å². The molecule has 2 aromatic carbocycles. The summed E-state index contributed by atoms with van der Waals surface area (Å²) in [7, 11) is 2.96. The van der Waals surface area contributed by atoms with E-state index in [1.165, 1.54) is 25.6 Å². The fraction of sp³-hybridized carbons (Fsp3) is 0.318. The zero-order valence-corrected chi connectivity index (χ0v) is 18.7. The van der Waals surface area contributed by atoms with Crippen LogP contribution < -0.4 is 19.0 Å². The number of hydrogen-bond donors (Lipinski definition) is 0. The lowest BCUT2D eigenvalue weighted by Crippen LogP contribution is -2.23. The molecule has 0 atom stereocenters. The first kappa shape index (κ1) is 22.4. The van der Waals surface area contributed by atoms with Crippen LogP contribution in [-0.4, -0.2) is 43.9 Å². The minimum atomic E-state index is -0.509. The van der Waals surface area contributed by atoms with Gasteiger partial charge in [0, 0.05) is 0 Å². The fourth-order valence-electron chi connectivity index (χ4n) is 3.09. The molecule has 0 N–H and O–H groups in total. The highest BCUT2D eigenvalue weighted by Gasteiger charge is 2.18. The fourth-order valence-corrected chi connectivity index (χ4v) is 4.14. The van der Waals surface area contributed by atoms with Gasteiger partial charge in [-0.15, -0.1) is 0 Å². The van der Waals surface area contributed by atoms with E-state index in [1.807, 2.05) is 25.1 Å². The minimum Gasteiger partial charge on any atom is -0.494 e. The number of nitrogens with zero attached hydrogens (tertiary/aromatic N) is 2. The average Bonchev–Trinajstić information content (AvgIpc) is 3.09. The molecule has 8 nitrogen and oxygen atoms in total. The number of para-hydroxylation sites is 1. The summed E-state index contributed by atoms with van der Waals surface area (Å²) >= 11 is 1.29. The van der Waals surface area contributed by atoms with Gasteiger partial charge in [0.2, 0.25) is 0 Å². The highest BCUT2D eigenvalue weighted by Crippen LogP contribution is 2.31. The van der Waals surface area contributed by atoms with Crippen molar-refractivity contribution >= 4 is 33.4 Å². The average molecular weight is 445 g/mol. The molecular formula is C22H24N2O6S. The Morgan fingerprint density at radius 1 is 1.06 bits per heavy atom. The molecule has 0 spiro atoms. The number of carbonyl (C=O) groups is 2. The van der Waals surface area contributed by atoms with Gasteiger partial charge in [-0.3, -0.25) is 9.59 Å². The van der Waals surface area contributed by atoms with Crippen molar-refractivity contribution in [3.8, 4) is 17.2 Å². The first-order valence-electron chi connectivity index (χ1n) is 9.74. The Balaban J connectivity index is 2.14. The van der Waals surface area contributed by atoms with Crippen LogP contribution in [0.1, 0.15) is 24.2 Å². The number of rotatable bonds is 8. The zero-order chi connectivity index (χ0) is 22.4. The van der Waals surface area contributed by atoms with Gasteiger partial charge in [0.25, 0.3) is 5.91 Å². The first-order valence-corrected chi connectivity index (χ1v) is 10.6. The summed E-state index contributed by atoms with van der Waals surface area (Å²) in [5.41, 5.74) is 1.02. The molecule has 0 bridgehead atoms. The van der Waals surface area contributed by atoms with Gasteiger partial charge in [0.15, 0.2) is 16.3 Å². The highest BCUT2D eigenvalue weighted by atomic mass is 32.1. The van der Waals surface area contributed by atoms with E-state index in [4.69, 9.17) is 18.9 Å². The van der Waals surface area contributed by atoms with E-state index in [0.29, 0.717) is 28.7 Å². The standard InChI is InChI=1S/C22H24N2O6S/c1-5-29-14-10-11-16-18(12-14)31-22(24(16)13-19(25)30-6-2)23-21(26)15-8-7-9-17(27-3)20(15)28-4/h7-12H,5-6,13H2,1-4H3. The van der Waals surface area contributed by atoms with Crippen LogP contribution in [0.4, 0.5) is 0 Å². The normalized spacial score (nSPS) is 11.4. The Hall–Kier alpha value is -3.33. The van der Waals surface area contributed by atoms with E-state index in [9.17, 15) is 9.59 Å². The number of carbonyl (C=O) groups excluding carboxylic acids is 2. The lowest BCUT2D eigenvalue weighted by molar-refractivity contribution is -0.143. The van der Waals surface area contributed by atoms with Crippen molar-refractivity contribution in [3.63, 3.8) is 0 Å². The zero-order valence-electron chi connectivity index (χ0n) is 17.8. The van der Waals surface area contributed by atoms with Gasteiger partial charge in [-0.2, -0.15) is 4.99 Å². The molecule has 1 heterocycles. The summed E-state index contributed by atoms with van der Waals surface area (Å²) < 4.78 is 23.8. The number of amides is 1. The maximum absolute atomic E-state index is 13.0. The lowest BCUT2D eigenvalue weighted by atomic mass is 10.2. The number of benzene rings is 2. The number of methoxy groups -OCH3 is 2. The van der Waals surface area contributed by atoms with Crippen LogP contribution in [0, 0.1) is 0 Å². The highest BCUT2D eigenvalue weighted by molar-refractivity contribution is 7.16. The van der Waals surface area contributed by atoms with E-state index in [-0.39, 0.29) is 18.7 Å². The first-order chi connectivity index (χ1) is 15.0. The summed E-state index contributed by atoms with van der Waals surface area (Å²) in [6.45, 7) is 4.38. The molecule has 0 saturated carbocycles. The largest absolute Gasteiger partial charge is 0.494 e. The van der Waals surface area contributed by atoms with Crippen molar-refractivity contribution in [2.75, 3.05) is 27.4 Å². The quantitative estimate of drug-likeness (QED) is 0.495. The number of ether oxygens (including phenoxy) is 4. The van der Waals surface area contributed by atoms with Gasteiger partial charge >= 0.3 is 5.97 Å². The van der Waals surface area contributed by atoms with Crippen LogP contribution in [-0.2, 0) is 16.1 Å². The Labute approximate surface area is 183 Å². The van der Waals surface area contributed by atoms with Crippen LogP contribution in [0.2, 0.25) is 0 Å². The molecule has 0 radical (unpaired) electrons. The summed E-state index contributed by atoms with van der Waals surface area (Å²) in [6.07, 6.45) is 0. The summed E-state index contributed by atoms with van der Waals surface area (Å²) in [5, 5.41) is 0. The number of aromatic nitrogens is 1. The second kappa shape index (κ2) is 10.1. The number of thiazole rings is 1. The van der Waals surface area contributed by atoms with Gasteiger partial charge in [-0.1, -0.05) is 17.4 Å². The van der Waals surface area contributed by atoms with E-state index in [0.717, 1.165) is 10.2 Å². The Morgan fingerprint density at radius 3 is 2.55 bits per heavy atom. The molecule has 0 unspecified atom stereocenters. The van der Waals surface area contributed by atoms with Gasteiger partial charge in [-0.25, -0.2) is 0 Å². The third-order valence-electron chi connectivity index (χ3n) is 4.39. The molecule has 3 rings (SSSR count). The van der Waals surface area contributed by atoms with Gasteiger partial charge in [-0.05, 0) is 44.2 Å². The predicted octanol–water partition coefficient (Wildman–Crippen LogP) is 3.42. The van der Waals surface area contributed by atoms with Gasteiger partial charge in [0.1, 0.15) is 12.3 Å². The van der Waals surface area contributed by atoms with Crippen molar-refractivity contribution < 1.29 is 28.5 Å². The Bertz CT molecular complexity index is 1160. The maximum Gasteiger partial charge on any atom is 0.326 e. The van der Waals surface area contributed by atoms with Crippen LogP contribution in [0.3, 0.4) is 0 Å². The van der Waals surface area contributed by atoms with Crippen LogP contribution >= 0.6 is 11.3 Å². The SMILES string of the molecule is CCOC(=O)Cn1c(=NC(=O)c2cccc(OC)c2OC)sc2cc(OCC)ccc21. The molecule has 0 aliphatic carbocycles. The van der Waals surface area contributed by atoms with E-state index in [2.05, 4.69) is 4.99 Å². The summed E-state index contributed by atoms with van der Waals surface area (Å²) in [5.74, 6) is 0.511. The molecule has 0 fully saturated rings. The van der Waals surface area contributed by atoms with Crippen molar-refractivity contribution in [2.45, 2.75) is 20.4 Å². The third kappa shape index (κ3) is 4.88. The number of hydrogen-bond acceptors (Lipinski definition) is 7. The molecule has 164 valence electrons. The van der Waals surface area contributed by atoms with Gasteiger partial charge in [0.05, 0.1) is 43.2 Å². The third-order valence-corrected chi connectivity index (χ3v) is 5.43. The minimum absolute atomic E-state index is 0.0663. The van der Waals surface area contributed by atoms with Crippen molar-refractivity contribution in [1.29, 1.82) is 0 Å². The van der Waals surface area contributed by atoms with E-state index >= 15 is 0 Å². The number of fused-ring (bicyclic) bond motifs is 1. The van der Waals surface area contributed by atoms with E-state index < -0.39 is 11.9 Å². The molecule has 0 saturated heterocycles. The van der Waals surface area contributed by atoms with Crippen molar-refractivity contribution in [2.24, 2.45) is 4.99 Å². The van der Waals surface area contributed by atoms with Crippen LogP contribution in [0.25, 0.3) is 10.2 Å². The van der Waals surface area contributed by atoms with Gasteiger partial charge < -0.3 is 23.5 Å². The van der Waals surface area contributed by atoms with E-state index in [1.54, 1.807) is 29.7 Å². The molecule has 9 heteroatoms. The Kier molecular flexibility index (Phi) is 7.30. The second-order valence-electron chi connectivity index (χ2n) is 6.30. The van der Waals surface area contributed by atoms with Crippen LogP contribution in [0.15, 0.2) is 41.4 Å². The molecule has 0 aliphatic heterocycles. The second-order valence-corrected chi connectivity index (χ2v) is 7.31. The molecule has 0 aliphatic rings. The predicted molar refractivity (Wildman–Crippen MR) is 117 cm³/mol. The monoisotopic (exact) mass is 444 g/mol. The van der Waals surface area contributed by atoms with Crippen molar-refractivity contribution in [3.05, 3.63) is 46.8 Å². The molecule has 1 aromatic heterocycles. The smallest absolute Gasteiger partial charge is 0.326 e. The Morgan fingerprint density at radius 2 is 1.87 bits per heavy atom. The maximum atomic E-state index is 13.0. The molecular weight excluding hydrogens is 420 g/mol. The lowest BCUT2D eigenvalue weighted by Gasteiger charge is -2.10. The summed E-state index contributed by atoms with van der Waals surface area (Å²) in [6, 6.07) is 10.5. The van der Waals surface area contributed by atoms with Crippen molar-refractivity contribution in [1.82, 2.24) is 4.57 Å². The van der Waals surface area contributed by atoms with Crippen LogP contribution in [0.5, 0.6) is 17.2 Å². The number of esters is 1. The molecule has 1 amide bonds. The summed E-state index contributed by atoms with van der Waals surface area (Å²) in [4.78, 5) is 29.9. The molecule has 3 aromatic rings.